The zero-order chi connectivity index (χ0) is 17.8. The van der Waals surface area contributed by atoms with Crippen molar-refractivity contribution in [3.05, 3.63) is 46.7 Å². The van der Waals surface area contributed by atoms with Gasteiger partial charge in [0.25, 0.3) is 5.91 Å². The van der Waals surface area contributed by atoms with Crippen molar-refractivity contribution in [3.8, 4) is 0 Å². The van der Waals surface area contributed by atoms with Crippen LogP contribution in [0.1, 0.15) is 37.6 Å². The molecule has 0 bridgehead atoms. The summed E-state index contributed by atoms with van der Waals surface area (Å²) in [5.74, 6) is -0.0756. The van der Waals surface area contributed by atoms with Crippen LogP contribution in [0.2, 0.25) is 0 Å². The lowest BCUT2D eigenvalue weighted by molar-refractivity contribution is -0.931. The van der Waals surface area contributed by atoms with E-state index in [1.54, 1.807) is 23.5 Å². The fraction of sp³-hybridized carbons (Fsp3) is 0.368. The van der Waals surface area contributed by atoms with Gasteiger partial charge in [-0.1, -0.05) is 6.07 Å². The highest BCUT2D eigenvalue weighted by atomic mass is 32.1. The first-order chi connectivity index (χ1) is 12.0. The van der Waals surface area contributed by atoms with E-state index in [1.807, 2.05) is 19.1 Å². The summed E-state index contributed by atoms with van der Waals surface area (Å²) >= 11 is 1.78. The summed E-state index contributed by atoms with van der Waals surface area (Å²) in [4.78, 5) is 26.4. The third-order valence-electron chi connectivity index (χ3n) is 4.71. The van der Waals surface area contributed by atoms with Crippen LogP contribution >= 0.6 is 11.3 Å². The van der Waals surface area contributed by atoms with E-state index in [1.165, 1.54) is 16.7 Å². The Morgan fingerprint density at radius 2 is 1.84 bits per heavy atom. The van der Waals surface area contributed by atoms with Gasteiger partial charge < -0.3 is 15.5 Å². The summed E-state index contributed by atoms with van der Waals surface area (Å²) in [7, 11) is 0. The number of nitrogens with one attached hydrogen (secondary N) is 3. The molecule has 1 unspecified atom stereocenters. The Balaban J connectivity index is 1.63. The molecule has 3 rings (SSSR count). The number of hydrogen-bond acceptors (Lipinski definition) is 3. The molecule has 132 valence electrons. The fourth-order valence-electron chi connectivity index (χ4n) is 3.46. The number of quaternary nitrogens is 1. The highest BCUT2D eigenvalue weighted by molar-refractivity contribution is 7.10. The third-order valence-corrected chi connectivity index (χ3v) is 5.70. The molecule has 25 heavy (non-hydrogen) atoms. The van der Waals surface area contributed by atoms with Crippen LogP contribution in [-0.4, -0.2) is 24.4 Å². The standard InChI is InChI=1S/C19H23N3O2S/c1-13(22-11-3-5-17(22)18-6-4-12-25-18)19(24)21-16-9-7-15(8-10-16)20-14(2)23/h4,6-10,12-13,17H,3,5,11H2,1-2H3,(H,20,23)(H,21,24)/p+1/t13-,17-/m1/s1. The van der Waals surface area contributed by atoms with Gasteiger partial charge >= 0.3 is 0 Å². The van der Waals surface area contributed by atoms with Gasteiger partial charge in [0.1, 0.15) is 6.04 Å². The number of benzene rings is 1. The molecule has 6 heteroatoms. The largest absolute Gasteiger partial charge is 0.326 e. The molecule has 3 atom stereocenters. The first kappa shape index (κ1) is 17.6. The summed E-state index contributed by atoms with van der Waals surface area (Å²) in [6, 6.07) is 11.8. The second kappa shape index (κ2) is 7.80. The third kappa shape index (κ3) is 4.27. The summed E-state index contributed by atoms with van der Waals surface area (Å²) in [6.45, 7) is 4.50. The van der Waals surface area contributed by atoms with Crippen molar-refractivity contribution < 1.29 is 14.5 Å². The van der Waals surface area contributed by atoms with Gasteiger partial charge in [-0.25, -0.2) is 0 Å². The van der Waals surface area contributed by atoms with Crippen LogP contribution in [0.25, 0.3) is 0 Å². The van der Waals surface area contributed by atoms with E-state index in [2.05, 4.69) is 28.1 Å². The van der Waals surface area contributed by atoms with Crippen molar-refractivity contribution in [2.75, 3.05) is 17.2 Å². The Morgan fingerprint density at radius 3 is 2.44 bits per heavy atom. The minimum absolute atomic E-state index is 0.0331. The molecular weight excluding hydrogens is 334 g/mol. The lowest BCUT2D eigenvalue weighted by Gasteiger charge is -2.26. The van der Waals surface area contributed by atoms with Crippen molar-refractivity contribution in [3.63, 3.8) is 0 Å². The molecule has 0 saturated carbocycles. The highest BCUT2D eigenvalue weighted by Crippen LogP contribution is 2.24. The van der Waals surface area contributed by atoms with Crippen LogP contribution in [0.3, 0.4) is 0 Å². The van der Waals surface area contributed by atoms with E-state index in [-0.39, 0.29) is 17.9 Å². The van der Waals surface area contributed by atoms with Gasteiger partial charge in [0.15, 0.2) is 6.04 Å². The zero-order valence-corrected chi connectivity index (χ0v) is 15.4. The minimum atomic E-state index is -0.109. The molecule has 1 aliphatic heterocycles. The van der Waals surface area contributed by atoms with Crippen LogP contribution in [0.15, 0.2) is 41.8 Å². The van der Waals surface area contributed by atoms with Crippen LogP contribution in [-0.2, 0) is 9.59 Å². The van der Waals surface area contributed by atoms with Crippen molar-refractivity contribution in [2.45, 2.75) is 38.8 Å². The first-order valence-electron chi connectivity index (χ1n) is 8.62. The highest BCUT2D eigenvalue weighted by Gasteiger charge is 2.37. The van der Waals surface area contributed by atoms with E-state index in [0.717, 1.165) is 30.8 Å². The lowest BCUT2D eigenvalue weighted by atomic mass is 10.1. The fourth-order valence-corrected chi connectivity index (χ4v) is 4.37. The number of rotatable bonds is 5. The average molecular weight is 358 g/mol. The molecule has 3 N–H and O–H groups in total. The molecule has 0 aliphatic carbocycles. The summed E-state index contributed by atoms with van der Waals surface area (Å²) in [5, 5.41) is 7.82. The molecule has 1 aromatic carbocycles. The molecule has 0 radical (unpaired) electrons. The van der Waals surface area contributed by atoms with Crippen LogP contribution in [0.5, 0.6) is 0 Å². The molecule has 2 heterocycles. The quantitative estimate of drug-likeness (QED) is 0.769. The van der Waals surface area contributed by atoms with Crippen LogP contribution < -0.4 is 15.5 Å². The van der Waals surface area contributed by atoms with Gasteiger partial charge in [-0.3, -0.25) is 9.59 Å². The maximum absolute atomic E-state index is 12.7. The van der Waals surface area contributed by atoms with E-state index >= 15 is 0 Å². The first-order valence-corrected chi connectivity index (χ1v) is 9.50. The topological polar surface area (TPSA) is 62.6 Å². The maximum Gasteiger partial charge on any atom is 0.282 e. The summed E-state index contributed by atoms with van der Waals surface area (Å²) in [5.41, 5.74) is 1.47. The molecule has 0 spiro atoms. The van der Waals surface area contributed by atoms with Gasteiger partial charge in [0.2, 0.25) is 5.91 Å². The van der Waals surface area contributed by atoms with Gasteiger partial charge in [-0.15, -0.1) is 11.3 Å². The van der Waals surface area contributed by atoms with Crippen molar-refractivity contribution in [2.24, 2.45) is 0 Å². The lowest BCUT2D eigenvalue weighted by Crippen LogP contribution is -3.15. The second-order valence-corrected chi connectivity index (χ2v) is 7.48. The number of anilines is 2. The van der Waals surface area contributed by atoms with E-state index < -0.39 is 0 Å². The Bertz CT molecular complexity index is 728. The average Bonchev–Trinajstić information content (AvgIpc) is 3.26. The number of amides is 2. The van der Waals surface area contributed by atoms with Crippen molar-refractivity contribution in [1.29, 1.82) is 0 Å². The normalized spacial score (nSPS) is 20.9. The Hall–Kier alpha value is -2.18. The molecule has 1 saturated heterocycles. The predicted molar refractivity (Wildman–Crippen MR) is 101 cm³/mol. The number of thiophene rings is 1. The smallest absolute Gasteiger partial charge is 0.282 e. The molecule has 1 aliphatic rings. The Morgan fingerprint density at radius 1 is 1.16 bits per heavy atom. The Labute approximate surface area is 152 Å². The number of carbonyl (C=O) groups is 2. The molecule has 1 aromatic heterocycles. The number of carbonyl (C=O) groups excluding carboxylic acids is 2. The molecular formula is C19H24N3O2S+. The molecule has 1 fully saturated rings. The minimum Gasteiger partial charge on any atom is -0.326 e. The summed E-state index contributed by atoms with van der Waals surface area (Å²) < 4.78 is 0. The van der Waals surface area contributed by atoms with E-state index in [0.29, 0.717) is 6.04 Å². The van der Waals surface area contributed by atoms with Gasteiger partial charge in [0, 0.05) is 31.1 Å². The molecule has 5 nitrogen and oxygen atoms in total. The van der Waals surface area contributed by atoms with Gasteiger partial charge in [-0.2, -0.15) is 0 Å². The van der Waals surface area contributed by atoms with Crippen molar-refractivity contribution >= 4 is 34.5 Å². The zero-order valence-electron chi connectivity index (χ0n) is 14.5. The van der Waals surface area contributed by atoms with Gasteiger partial charge in [-0.05, 0) is 42.6 Å². The van der Waals surface area contributed by atoms with Crippen LogP contribution in [0.4, 0.5) is 11.4 Å². The van der Waals surface area contributed by atoms with E-state index in [4.69, 9.17) is 0 Å². The van der Waals surface area contributed by atoms with E-state index in [9.17, 15) is 9.59 Å². The SMILES string of the molecule is CC(=O)Nc1ccc(NC(=O)[C@@H](C)[NH+]2CCC[C@@H]2c2cccs2)cc1. The van der Waals surface area contributed by atoms with Crippen molar-refractivity contribution in [1.82, 2.24) is 0 Å². The number of likely N-dealkylation sites (tertiary alicyclic amines) is 1. The maximum atomic E-state index is 12.7. The number of hydrogen-bond donors (Lipinski definition) is 3. The Kier molecular flexibility index (Phi) is 5.50. The van der Waals surface area contributed by atoms with Gasteiger partial charge in [0.05, 0.1) is 11.4 Å². The summed E-state index contributed by atoms with van der Waals surface area (Å²) in [6.07, 6.45) is 2.29. The monoisotopic (exact) mass is 358 g/mol. The predicted octanol–water partition coefficient (Wildman–Crippen LogP) is 2.45. The molecule has 2 amide bonds. The molecule has 2 aromatic rings. The second-order valence-electron chi connectivity index (χ2n) is 6.50. The van der Waals surface area contributed by atoms with Crippen LogP contribution in [0, 0.1) is 0 Å².